The highest BCUT2D eigenvalue weighted by atomic mass is 16.5. The monoisotopic (exact) mass is 235 g/mol. The van der Waals surface area contributed by atoms with Crippen LogP contribution in [0.25, 0.3) is 0 Å². The van der Waals surface area contributed by atoms with Gasteiger partial charge in [0, 0.05) is 6.54 Å². The summed E-state index contributed by atoms with van der Waals surface area (Å²) < 4.78 is 10.6. The molecule has 1 atom stereocenters. The lowest BCUT2D eigenvalue weighted by atomic mass is 9.94. The van der Waals surface area contributed by atoms with Gasteiger partial charge in [-0.05, 0) is 43.0 Å². The van der Waals surface area contributed by atoms with Gasteiger partial charge in [0.2, 0.25) is 0 Å². The number of nitrogens with one attached hydrogen (secondary N) is 1. The molecule has 1 saturated heterocycles. The smallest absolute Gasteiger partial charge is 0.160 e. The van der Waals surface area contributed by atoms with Crippen LogP contribution in [0.15, 0.2) is 18.2 Å². The molecule has 1 aromatic carbocycles. The van der Waals surface area contributed by atoms with Crippen molar-refractivity contribution >= 4 is 0 Å². The van der Waals surface area contributed by atoms with E-state index in [9.17, 15) is 0 Å². The van der Waals surface area contributed by atoms with Crippen LogP contribution in [0.2, 0.25) is 0 Å². The largest absolute Gasteiger partial charge is 0.493 e. The molecule has 0 saturated carbocycles. The van der Waals surface area contributed by atoms with E-state index in [2.05, 4.69) is 17.4 Å². The van der Waals surface area contributed by atoms with Crippen molar-refractivity contribution in [3.8, 4) is 11.5 Å². The maximum Gasteiger partial charge on any atom is 0.160 e. The summed E-state index contributed by atoms with van der Waals surface area (Å²) in [6.07, 6.45) is 3.83. The van der Waals surface area contributed by atoms with Crippen molar-refractivity contribution in [2.24, 2.45) is 0 Å². The third-order valence-corrected chi connectivity index (χ3v) is 3.43. The van der Waals surface area contributed by atoms with Gasteiger partial charge in [-0.2, -0.15) is 0 Å². The Labute approximate surface area is 103 Å². The molecule has 1 N–H and O–H groups in total. The quantitative estimate of drug-likeness (QED) is 0.873. The van der Waals surface area contributed by atoms with Crippen molar-refractivity contribution in [2.45, 2.75) is 25.2 Å². The maximum absolute atomic E-state index is 5.35. The first kappa shape index (κ1) is 12.2. The lowest BCUT2D eigenvalue weighted by molar-refractivity contribution is 0.354. The minimum Gasteiger partial charge on any atom is -0.493 e. The summed E-state index contributed by atoms with van der Waals surface area (Å²) in [5.41, 5.74) is 1.34. The first-order valence-electron chi connectivity index (χ1n) is 6.28. The molecule has 1 aliphatic heterocycles. The van der Waals surface area contributed by atoms with E-state index in [0.29, 0.717) is 5.92 Å². The number of benzene rings is 1. The molecule has 2 rings (SSSR count). The SMILES string of the molecule is COc1ccc([C@H]2CCCCNC2)cc1OC. The van der Waals surface area contributed by atoms with Crippen LogP contribution >= 0.6 is 0 Å². The van der Waals surface area contributed by atoms with E-state index in [0.717, 1.165) is 24.6 Å². The zero-order valence-corrected chi connectivity index (χ0v) is 10.7. The van der Waals surface area contributed by atoms with E-state index in [1.54, 1.807) is 14.2 Å². The van der Waals surface area contributed by atoms with Crippen LogP contribution in [-0.2, 0) is 0 Å². The molecule has 0 aromatic heterocycles. The molecule has 0 spiro atoms. The normalized spacial score (nSPS) is 20.7. The second-order valence-corrected chi connectivity index (χ2v) is 4.51. The van der Waals surface area contributed by atoms with Gasteiger partial charge in [-0.1, -0.05) is 12.5 Å². The van der Waals surface area contributed by atoms with E-state index in [4.69, 9.17) is 9.47 Å². The zero-order chi connectivity index (χ0) is 12.1. The first-order chi connectivity index (χ1) is 8.35. The van der Waals surface area contributed by atoms with E-state index in [1.165, 1.54) is 24.8 Å². The predicted octanol–water partition coefficient (Wildman–Crippen LogP) is 2.56. The summed E-state index contributed by atoms with van der Waals surface area (Å²) in [4.78, 5) is 0. The van der Waals surface area contributed by atoms with Crippen molar-refractivity contribution in [1.82, 2.24) is 5.32 Å². The van der Waals surface area contributed by atoms with Gasteiger partial charge in [-0.3, -0.25) is 0 Å². The van der Waals surface area contributed by atoms with Crippen molar-refractivity contribution in [3.05, 3.63) is 23.8 Å². The second kappa shape index (κ2) is 5.92. The molecular weight excluding hydrogens is 214 g/mol. The topological polar surface area (TPSA) is 30.5 Å². The molecule has 1 aromatic rings. The van der Waals surface area contributed by atoms with Gasteiger partial charge in [0.05, 0.1) is 14.2 Å². The van der Waals surface area contributed by atoms with Crippen LogP contribution in [0.3, 0.4) is 0 Å². The van der Waals surface area contributed by atoms with Crippen molar-refractivity contribution < 1.29 is 9.47 Å². The van der Waals surface area contributed by atoms with Crippen LogP contribution in [0, 0.1) is 0 Å². The predicted molar refractivity (Wildman–Crippen MR) is 69.0 cm³/mol. The summed E-state index contributed by atoms with van der Waals surface area (Å²) in [5.74, 6) is 2.23. The fraction of sp³-hybridized carbons (Fsp3) is 0.571. The van der Waals surface area contributed by atoms with E-state index < -0.39 is 0 Å². The Morgan fingerprint density at radius 1 is 1.12 bits per heavy atom. The van der Waals surface area contributed by atoms with Crippen molar-refractivity contribution in [3.63, 3.8) is 0 Å². The number of ether oxygens (including phenoxy) is 2. The number of rotatable bonds is 3. The highest BCUT2D eigenvalue weighted by Gasteiger charge is 2.15. The average molecular weight is 235 g/mol. The van der Waals surface area contributed by atoms with Crippen LogP contribution < -0.4 is 14.8 Å². The van der Waals surface area contributed by atoms with Gasteiger partial charge >= 0.3 is 0 Å². The molecule has 3 heteroatoms. The van der Waals surface area contributed by atoms with Gasteiger partial charge in [-0.15, -0.1) is 0 Å². The Morgan fingerprint density at radius 3 is 2.71 bits per heavy atom. The number of hydrogen-bond acceptors (Lipinski definition) is 3. The van der Waals surface area contributed by atoms with Crippen LogP contribution in [0.4, 0.5) is 0 Å². The van der Waals surface area contributed by atoms with Gasteiger partial charge in [0.15, 0.2) is 11.5 Å². The number of hydrogen-bond donors (Lipinski definition) is 1. The molecule has 1 aliphatic rings. The van der Waals surface area contributed by atoms with Crippen molar-refractivity contribution in [1.29, 1.82) is 0 Å². The van der Waals surface area contributed by atoms with Gasteiger partial charge in [0.1, 0.15) is 0 Å². The van der Waals surface area contributed by atoms with Gasteiger partial charge < -0.3 is 14.8 Å². The first-order valence-corrected chi connectivity index (χ1v) is 6.28. The zero-order valence-electron chi connectivity index (χ0n) is 10.7. The highest BCUT2D eigenvalue weighted by Crippen LogP contribution is 2.32. The molecule has 0 bridgehead atoms. The number of methoxy groups -OCH3 is 2. The molecule has 3 nitrogen and oxygen atoms in total. The Bertz CT molecular complexity index is 357. The third kappa shape index (κ3) is 2.91. The van der Waals surface area contributed by atoms with Crippen LogP contribution in [-0.4, -0.2) is 27.3 Å². The fourth-order valence-corrected chi connectivity index (χ4v) is 2.41. The van der Waals surface area contributed by atoms with Gasteiger partial charge in [0.25, 0.3) is 0 Å². The minimum absolute atomic E-state index is 0.595. The summed E-state index contributed by atoms with van der Waals surface area (Å²) in [7, 11) is 3.36. The lowest BCUT2D eigenvalue weighted by Gasteiger charge is -2.17. The molecule has 1 fully saturated rings. The highest BCUT2D eigenvalue weighted by molar-refractivity contribution is 5.44. The molecule has 17 heavy (non-hydrogen) atoms. The lowest BCUT2D eigenvalue weighted by Crippen LogP contribution is -2.19. The molecule has 0 unspecified atom stereocenters. The Morgan fingerprint density at radius 2 is 1.94 bits per heavy atom. The second-order valence-electron chi connectivity index (χ2n) is 4.51. The molecule has 0 amide bonds. The molecule has 0 aliphatic carbocycles. The maximum atomic E-state index is 5.35. The Balaban J connectivity index is 2.19. The average Bonchev–Trinajstić information content (AvgIpc) is 2.66. The van der Waals surface area contributed by atoms with E-state index in [-0.39, 0.29) is 0 Å². The third-order valence-electron chi connectivity index (χ3n) is 3.43. The van der Waals surface area contributed by atoms with Crippen molar-refractivity contribution in [2.75, 3.05) is 27.3 Å². The summed E-state index contributed by atoms with van der Waals surface area (Å²) in [6.45, 7) is 2.21. The summed E-state index contributed by atoms with van der Waals surface area (Å²) in [5, 5.41) is 3.49. The summed E-state index contributed by atoms with van der Waals surface area (Å²) in [6, 6.07) is 6.26. The van der Waals surface area contributed by atoms with E-state index in [1.807, 2.05) is 6.07 Å². The van der Waals surface area contributed by atoms with Crippen LogP contribution in [0.5, 0.6) is 11.5 Å². The molecule has 1 heterocycles. The summed E-state index contributed by atoms with van der Waals surface area (Å²) >= 11 is 0. The molecule has 0 radical (unpaired) electrons. The Kier molecular flexibility index (Phi) is 4.26. The fourth-order valence-electron chi connectivity index (χ4n) is 2.41. The molecule has 94 valence electrons. The Hall–Kier alpha value is -1.22. The minimum atomic E-state index is 0.595. The van der Waals surface area contributed by atoms with Gasteiger partial charge in [-0.25, -0.2) is 0 Å². The standard InChI is InChI=1S/C14H21NO2/c1-16-13-7-6-11(9-14(13)17-2)12-5-3-4-8-15-10-12/h6-7,9,12,15H,3-5,8,10H2,1-2H3/t12-/m0/s1. The van der Waals surface area contributed by atoms with E-state index >= 15 is 0 Å². The van der Waals surface area contributed by atoms with Crippen LogP contribution in [0.1, 0.15) is 30.7 Å². The molecular formula is C14H21NO2.